The molecule has 0 saturated carbocycles. The summed E-state index contributed by atoms with van der Waals surface area (Å²) in [5, 5.41) is 0. The van der Waals surface area contributed by atoms with Gasteiger partial charge < -0.3 is 4.74 Å². The molecule has 0 spiro atoms. The molecular weight excluding hydrogens is 312 g/mol. The molecule has 3 heteroatoms. The lowest BCUT2D eigenvalue weighted by atomic mass is 10.0. The van der Waals surface area contributed by atoms with Gasteiger partial charge in [0.25, 0.3) is 0 Å². The quantitative estimate of drug-likeness (QED) is 0.393. The van der Waals surface area contributed by atoms with Crippen molar-refractivity contribution in [1.29, 1.82) is 0 Å². The zero-order valence-electron chi connectivity index (χ0n) is 13.3. The number of rotatable bonds is 5. The minimum Gasteiger partial charge on any atom is -0.457 e. The number of ketones is 2. The van der Waals surface area contributed by atoms with E-state index in [4.69, 9.17) is 11.2 Å². The lowest BCUT2D eigenvalue weighted by molar-refractivity contribution is 0.0817. The van der Waals surface area contributed by atoms with E-state index in [0.717, 1.165) is 5.56 Å². The van der Waals surface area contributed by atoms with E-state index in [1.807, 2.05) is 6.07 Å². The van der Waals surface area contributed by atoms with E-state index >= 15 is 0 Å². The summed E-state index contributed by atoms with van der Waals surface area (Å²) in [4.78, 5) is 24.5. The Labute approximate surface area is 145 Å². The number of ether oxygens (including phenoxy) is 1. The number of benzene rings is 3. The van der Waals surface area contributed by atoms with Crippen LogP contribution in [-0.4, -0.2) is 11.6 Å². The maximum absolute atomic E-state index is 12.3. The second-order valence-corrected chi connectivity index (χ2v) is 5.32. The molecule has 0 amide bonds. The van der Waals surface area contributed by atoms with Crippen molar-refractivity contribution in [3.05, 3.63) is 95.6 Å². The molecule has 3 aromatic carbocycles. The van der Waals surface area contributed by atoms with Crippen molar-refractivity contribution in [2.45, 2.75) is 0 Å². The summed E-state index contributed by atoms with van der Waals surface area (Å²) < 4.78 is 5.71. The minimum absolute atomic E-state index is 0.318. The van der Waals surface area contributed by atoms with Crippen LogP contribution >= 0.6 is 0 Å². The Morgan fingerprint density at radius 2 is 1.36 bits per heavy atom. The van der Waals surface area contributed by atoms with E-state index in [1.54, 1.807) is 72.8 Å². The highest BCUT2D eigenvalue weighted by molar-refractivity contribution is 6.49. The summed E-state index contributed by atoms with van der Waals surface area (Å²) in [5.41, 5.74) is 1.41. The maximum Gasteiger partial charge on any atom is 0.233 e. The van der Waals surface area contributed by atoms with Gasteiger partial charge in [-0.25, -0.2) is 0 Å². The van der Waals surface area contributed by atoms with Crippen LogP contribution in [0.5, 0.6) is 11.5 Å². The highest BCUT2D eigenvalue weighted by Gasteiger charge is 2.17. The third-order valence-corrected chi connectivity index (χ3v) is 3.60. The lowest BCUT2D eigenvalue weighted by Gasteiger charge is -2.07. The molecule has 0 aliphatic carbocycles. The third-order valence-electron chi connectivity index (χ3n) is 3.60. The first-order chi connectivity index (χ1) is 12.2. The zero-order valence-corrected chi connectivity index (χ0v) is 13.3. The number of terminal acetylenes is 1. The van der Waals surface area contributed by atoms with Gasteiger partial charge in [-0.05, 0) is 42.5 Å². The van der Waals surface area contributed by atoms with E-state index in [2.05, 4.69) is 5.92 Å². The molecule has 3 rings (SSSR count). The third kappa shape index (κ3) is 3.82. The Bertz CT molecular complexity index is 949. The fraction of sp³-hybridized carbons (Fsp3) is 0. The van der Waals surface area contributed by atoms with Crippen LogP contribution in [0, 0.1) is 12.3 Å². The molecule has 0 atom stereocenters. The summed E-state index contributed by atoms with van der Waals surface area (Å²) in [6.45, 7) is 0. The molecule has 0 bridgehead atoms. The fourth-order valence-electron chi connectivity index (χ4n) is 2.31. The van der Waals surface area contributed by atoms with Crippen LogP contribution in [0.2, 0.25) is 0 Å². The Hall–Kier alpha value is -3.64. The van der Waals surface area contributed by atoms with Crippen LogP contribution < -0.4 is 4.74 Å². The topological polar surface area (TPSA) is 43.4 Å². The molecule has 0 saturated heterocycles. The average Bonchev–Trinajstić information content (AvgIpc) is 2.68. The lowest BCUT2D eigenvalue weighted by Crippen LogP contribution is -2.14. The van der Waals surface area contributed by atoms with Gasteiger partial charge in [-0.15, -0.1) is 6.42 Å². The standard InChI is InChI=1S/C22H14O3/c1-2-16-7-6-10-20(15-16)25-19-13-11-18(12-14-19)22(24)21(23)17-8-4-3-5-9-17/h1,3-15H. The van der Waals surface area contributed by atoms with Crippen LogP contribution in [0.15, 0.2) is 78.9 Å². The molecule has 0 aliphatic rings. The monoisotopic (exact) mass is 326 g/mol. The van der Waals surface area contributed by atoms with Gasteiger partial charge in [-0.3, -0.25) is 9.59 Å². The average molecular weight is 326 g/mol. The summed E-state index contributed by atoms with van der Waals surface area (Å²) in [7, 11) is 0. The molecular formula is C22H14O3. The summed E-state index contributed by atoms with van der Waals surface area (Å²) >= 11 is 0. The normalized spacial score (nSPS) is 9.88. The Balaban J connectivity index is 1.75. The highest BCUT2D eigenvalue weighted by atomic mass is 16.5. The smallest absolute Gasteiger partial charge is 0.233 e. The van der Waals surface area contributed by atoms with Gasteiger partial charge in [0.05, 0.1) is 0 Å². The van der Waals surface area contributed by atoms with Crippen LogP contribution in [0.3, 0.4) is 0 Å². The zero-order chi connectivity index (χ0) is 17.6. The second-order valence-electron chi connectivity index (χ2n) is 5.32. The van der Waals surface area contributed by atoms with Crippen LogP contribution in [-0.2, 0) is 0 Å². The summed E-state index contributed by atoms with van der Waals surface area (Å²) in [6, 6.07) is 22.1. The molecule has 3 nitrogen and oxygen atoms in total. The molecule has 0 aliphatic heterocycles. The Morgan fingerprint density at radius 1 is 0.720 bits per heavy atom. The summed E-state index contributed by atoms with van der Waals surface area (Å²) in [5.74, 6) is 2.62. The van der Waals surface area contributed by atoms with E-state index in [1.165, 1.54) is 0 Å². The van der Waals surface area contributed by atoms with Gasteiger partial charge >= 0.3 is 0 Å². The highest BCUT2D eigenvalue weighted by Crippen LogP contribution is 2.23. The van der Waals surface area contributed by atoms with Gasteiger partial charge in [-0.2, -0.15) is 0 Å². The second kappa shape index (κ2) is 7.29. The van der Waals surface area contributed by atoms with Crippen molar-refractivity contribution in [2.24, 2.45) is 0 Å². The maximum atomic E-state index is 12.3. The number of carbonyl (C=O) groups is 2. The number of carbonyl (C=O) groups excluding carboxylic acids is 2. The first-order valence-corrected chi connectivity index (χ1v) is 7.66. The largest absolute Gasteiger partial charge is 0.457 e. The van der Waals surface area contributed by atoms with E-state index < -0.39 is 11.6 Å². The first kappa shape index (κ1) is 16.2. The Kier molecular flexibility index (Phi) is 4.73. The van der Waals surface area contributed by atoms with Gasteiger partial charge in [-0.1, -0.05) is 42.3 Å². The van der Waals surface area contributed by atoms with Crippen molar-refractivity contribution in [3.63, 3.8) is 0 Å². The Morgan fingerprint density at radius 3 is 2.00 bits per heavy atom. The molecule has 0 N–H and O–H groups in total. The molecule has 25 heavy (non-hydrogen) atoms. The molecule has 0 radical (unpaired) electrons. The van der Waals surface area contributed by atoms with Crippen molar-refractivity contribution in [3.8, 4) is 23.8 Å². The van der Waals surface area contributed by atoms with Crippen LogP contribution in [0.1, 0.15) is 26.3 Å². The van der Waals surface area contributed by atoms with Crippen molar-refractivity contribution in [2.75, 3.05) is 0 Å². The molecule has 0 unspecified atom stereocenters. The molecule has 120 valence electrons. The van der Waals surface area contributed by atoms with E-state index in [0.29, 0.717) is 22.6 Å². The number of Topliss-reactive ketones (excluding diaryl/α,β-unsaturated/α-hetero) is 2. The number of hydrogen-bond donors (Lipinski definition) is 0. The molecule has 0 aromatic heterocycles. The van der Waals surface area contributed by atoms with Crippen molar-refractivity contribution >= 4 is 11.6 Å². The van der Waals surface area contributed by atoms with Crippen LogP contribution in [0.25, 0.3) is 0 Å². The number of hydrogen-bond acceptors (Lipinski definition) is 3. The van der Waals surface area contributed by atoms with Crippen molar-refractivity contribution in [1.82, 2.24) is 0 Å². The van der Waals surface area contributed by atoms with Gasteiger partial charge in [0, 0.05) is 16.7 Å². The predicted octanol–water partition coefficient (Wildman–Crippen LogP) is 4.53. The predicted molar refractivity (Wildman–Crippen MR) is 96.0 cm³/mol. The first-order valence-electron chi connectivity index (χ1n) is 7.66. The summed E-state index contributed by atoms with van der Waals surface area (Å²) in [6.07, 6.45) is 5.37. The van der Waals surface area contributed by atoms with Gasteiger partial charge in [0.15, 0.2) is 0 Å². The van der Waals surface area contributed by atoms with Crippen LogP contribution in [0.4, 0.5) is 0 Å². The molecule has 3 aromatic rings. The minimum atomic E-state index is -0.549. The fourth-order valence-corrected chi connectivity index (χ4v) is 2.31. The SMILES string of the molecule is C#Cc1cccc(Oc2ccc(C(=O)C(=O)c3ccccc3)cc2)c1. The van der Waals surface area contributed by atoms with E-state index in [9.17, 15) is 9.59 Å². The van der Waals surface area contributed by atoms with E-state index in [-0.39, 0.29) is 0 Å². The van der Waals surface area contributed by atoms with Crippen molar-refractivity contribution < 1.29 is 14.3 Å². The molecule has 0 heterocycles. The van der Waals surface area contributed by atoms with Gasteiger partial charge in [0.1, 0.15) is 11.5 Å². The molecule has 0 fully saturated rings. The van der Waals surface area contributed by atoms with Gasteiger partial charge in [0.2, 0.25) is 11.6 Å².